The van der Waals surface area contributed by atoms with Gasteiger partial charge >= 0.3 is 5.97 Å². The van der Waals surface area contributed by atoms with E-state index in [1.807, 2.05) is 24.3 Å². The van der Waals surface area contributed by atoms with Gasteiger partial charge in [0.15, 0.2) is 6.61 Å². The van der Waals surface area contributed by atoms with Crippen LogP contribution in [0.3, 0.4) is 0 Å². The lowest BCUT2D eigenvalue weighted by atomic mass is 10.0. The second-order valence-corrected chi connectivity index (χ2v) is 7.00. The SMILES string of the molecule is CC(C)c1ccc(/C=C/CC(=O)N(C)Cc2ccc(OCC(=O)O)cc2)cc1. The second kappa shape index (κ2) is 10.3. The first-order valence-corrected chi connectivity index (χ1v) is 9.29. The van der Waals surface area contributed by atoms with Crippen LogP contribution in [0.5, 0.6) is 5.75 Å². The average Bonchev–Trinajstić information content (AvgIpc) is 2.67. The van der Waals surface area contributed by atoms with Gasteiger partial charge in [-0.25, -0.2) is 4.79 Å². The highest BCUT2D eigenvalue weighted by Crippen LogP contribution is 2.16. The summed E-state index contributed by atoms with van der Waals surface area (Å²) in [6, 6.07) is 15.4. The normalized spacial score (nSPS) is 11.0. The van der Waals surface area contributed by atoms with Crippen LogP contribution < -0.4 is 4.74 Å². The maximum absolute atomic E-state index is 12.3. The highest BCUT2D eigenvalue weighted by atomic mass is 16.5. The van der Waals surface area contributed by atoms with Gasteiger partial charge in [-0.05, 0) is 34.7 Å². The lowest BCUT2D eigenvalue weighted by Gasteiger charge is -2.16. The topological polar surface area (TPSA) is 66.8 Å². The molecule has 0 radical (unpaired) electrons. The molecule has 5 heteroatoms. The number of hydrogen-bond acceptors (Lipinski definition) is 3. The summed E-state index contributed by atoms with van der Waals surface area (Å²) >= 11 is 0. The van der Waals surface area contributed by atoms with E-state index in [4.69, 9.17) is 9.84 Å². The standard InChI is InChI=1S/C23H27NO4/c1-17(2)20-11-7-18(8-12-20)5-4-6-22(25)24(3)15-19-9-13-21(14-10-19)28-16-23(26)27/h4-5,7-14,17H,6,15-16H2,1-3H3,(H,26,27)/b5-4+. The fourth-order valence-corrected chi connectivity index (χ4v) is 2.64. The number of carbonyl (C=O) groups is 2. The Morgan fingerprint density at radius 1 is 1.07 bits per heavy atom. The van der Waals surface area contributed by atoms with Gasteiger partial charge in [-0.2, -0.15) is 0 Å². The zero-order chi connectivity index (χ0) is 20.5. The maximum Gasteiger partial charge on any atom is 0.341 e. The van der Waals surface area contributed by atoms with Crippen molar-refractivity contribution in [2.45, 2.75) is 32.7 Å². The van der Waals surface area contributed by atoms with Gasteiger partial charge in [-0.1, -0.05) is 62.4 Å². The highest BCUT2D eigenvalue weighted by Gasteiger charge is 2.08. The van der Waals surface area contributed by atoms with Crippen LogP contribution >= 0.6 is 0 Å². The Bertz CT molecular complexity index is 808. The van der Waals surface area contributed by atoms with Crippen LogP contribution in [0.4, 0.5) is 0 Å². The van der Waals surface area contributed by atoms with E-state index in [9.17, 15) is 9.59 Å². The number of carbonyl (C=O) groups excluding carboxylic acids is 1. The number of hydrogen-bond donors (Lipinski definition) is 1. The van der Waals surface area contributed by atoms with Crippen LogP contribution in [0.25, 0.3) is 6.08 Å². The van der Waals surface area contributed by atoms with Crippen LogP contribution in [0, 0.1) is 0 Å². The van der Waals surface area contributed by atoms with Gasteiger partial charge in [0.05, 0.1) is 0 Å². The maximum atomic E-state index is 12.3. The van der Waals surface area contributed by atoms with Crippen molar-refractivity contribution in [2.75, 3.05) is 13.7 Å². The Kier molecular flexibility index (Phi) is 7.81. The fourth-order valence-electron chi connectivity index (χ4n) is 2.64. The average molecular weight is 381 g/mol. The molecule has 0 bridgehead atoms. The predicted octanol–water partition coefficient (Wildman–Crippen LogP) is 4.34. The fraction of sp³-hybridized carbons (Fsp3) is 0.304. The van der Waals surface area contributed by atoms with Crippen molar-refractivity contribution in [3.8, 4) is 5.75 Å². The molecule has 0 fully saturated rings. The first-order valence-electron chi connectivity index (χ1n) is 9.29. The van der Waals surface area contributed by atoms with Gasteiger partial charge in [0.25, 0.3) is 0 Å². The Balaban J connectivity index is 1.82. The van der Waals surface area contributed by atoms with E-state index in [2.05, 4.69) is 38.1 Å². The third kappa shape index (κ3) is 6.91. The number of nitrogens with zero attached hydrogens (tertiary/aromatic N) is 1. The van der Waals surface area contributed by atoms with Crippen molar-refractivity contribution < 1.29 is 19.4 Å². The molecular weight excluding hydrogens is 354 g/mol. The van der Waals surface area contributed by atoms with E-state index in [0.717, 1.165) is 11.1 Å². The molecule has 0 heterocycles. The molecule has 2 rings (SSSR count). The van der Waals surface area contributed by atoms with Crippen LogP contribution in [0.15, 0.2) is 54.6 Å². The molecule has 2 aromatic rings. The number of ether oxygens (including phenoxy) is 1. The minimum absolute atomic E-state index is 0.0289. The van der Waals surface area contributed by atoms with E-state index >= 15 is 0 Å². The third-order valence-corrected chi connectivity index (χ3v) is 4.34. The number of carboxylic acid groups (broad SMARTS) is 1. The molecule has 28 heavy (non-hydrogen) atoms. The van der Waals surface area contributed by atoms with E-state index in [1.165, 1.54) is 5.56 Å². The van der Waals surface area contributed by atoms with Crippen molar-refractivity contribution in [3.63, 3.8) is 0 Å². The molecule has 5 nitrogen and oxygen atoms in total. The molecule has 1 amide bonds. The summed E-state index contributed by atoms with van der Waals surface area (Å²) < 4.78 is 5.10. The molecule has 0 saturated heterocycles. The van der Waals surface area contributed by atoms with Crippen molar-refractivity contribution in [3.05, 3.63) is 71.3 Å². The van der Waals surface area contributed by atoms with E-state index in [1.54, 1.807) is 24.1 Å². The number of amides is 1. The minimum atomic E-state index is -1.02. The monoisotopic (exact) mass is 381 g/mol. The molecule has 148 valence electrons. The molecule has 0 aliphatic carbocycles. The summed E-state index contributed by atoms with van der Waals surface area (Å²) in [5.41, 5.74) is 3.33. The minimum Gasteiger partial charge on any atom is -0.482 e. The van der Waals surface area contributed by atoms with Crippen LogP contribution in [-0.4, -0.2) is 35.5 Å². The summed E-state index contributed by atoms with van der Waals surface area (Å²) in [5.74, 6) is 0.0113. The van der Waals surface area contributed by atoms with Crippen molar-refractivity contribution in [1.82, 2.24) is 4.90 Å². The molecular formula is C23H27NO4. The van der Waals surface area contributed by atoms with E-state index in [-0.39, 0.29) is 12.5 Å². The van der Waals surface area contributed by atoms with Gasteiger partial charge in [0, 0.05) is 20.0 Å². The summed E-state index contributed by atoms with van der Waals surface area (Å²) in [4.78, 5) is 24.5. The molecule has 0 unspecified atom stereocenters. The Labute approximate surface area is 166 Å². The highest BCUT2D eigenvalue weighted by molar-refractivity contribution is 5.78. The van der Waals surface area contributed by atoms with Gasteiger partial charge in [-0.3, -0.25) is 4.79 Å². The largest absolute Gasteiger partial charge is 0.482 e. The molecule has 0 aliphatic rings. The molecule has 0 atom stereocenters. The zero-order valence-corrected chi connectivity index (χ0v) is 16.6. The lowest BCUT2D eigenvalue weighted by Crippen LogP contribution is -2.25. The number of aliphatic carboxylic acids is 1. The number of benzene rings is 2. The second-order valence-electron chi connectivity index (χ2n) is 7.00. The molecule has 0 saturated carbocycles. The number of rotatable bonds is 9. The summed E-state index contributed by atoms with van der Waals surface area (Å²) in [7, 11) is 1.77. The predicted molar refractivity (Wildman–Crippen MR) is 110 cm³/mol. The molecule has 1 N–H and O–H groups in total. The quantitative estimate of drug-likeness (QED) is 0.702. The van der Waals surface area contributed by atoms with Crippen LogP contribution in [0.1, 0.15) is 42.9 Å². The van der Waals surface area contributed by atoms with Crippen molar-refractivity contribution >= 4 is 18.0 Å². The van der Waals surface area contributed by atoms with E-state index in [0.29, 0.717) is 24.6 Å². The number of carboxylic acids is 1. The zero-order valence-electron chi connectivity index (χ0n) is 16.6. The van der Waals surface area contributed by atoms with Gasteiger partial charge in [-0.15, -0.1) is 0 Å². The third-order valence-electron chi connectivity index (χ3n) is 4.34. The van der Waals surface area contributed by atoms with Gasteiger partial charge in [0.2, 0.25) is 5.91 Å². The molecule has 0 aromatic heterocycles. The Morgan fingerprint density at radius 3 is 2.29 bits per heavy atom. The van der Waals surface area contributed by atoms with Crippen molar-refractivity contribution in [1.29, 1.82) is 0 Å². The molecule has 0 spiro atoms. The molecule has 2 aromatic carbocycles. The lowest BCUT2D eigenvalue weighted by molar-refractivity contribution is -0.139. The first-order chi connectivity index (χ1) is 13.3. The van der Waals surface area contributed by atoms with Crippen LogP contribution in [-0.2, 0) is 16.1 Å². The van der Waals surface area contributed by atoms with Crippen molar-refractivity contribution in [2.24, 2.45) is 0 Å². The summed E-state index contributed by atoms with van der Waals surface area (Å²) in [6.45, 7) is 4.44. The van der Waals surface area contributed by atoms with E-state index < -0.39 is 5.97 Å². The molecule has 0 aliphatic heterocycles. The first kappa shape index (κ1) is 21.2. The van der Waals surface area contributed by atoms with Gasteiger partial charge in [0.1, 0.15) is 5.75 Å². The smallest absolute Gasteiger partial charge is 0.341 e. The Morgan fingerprint density at radius 2 is 1.71 bits per heavy atom. The summed E-state index contributed by atoms with van der Waals surface area (Å²) in [5, 5.41) is 8.61. The summed E-state index contributed by atoms with van der Waals surface area (Å²) in [6.07, 6.45) is 4.18. The Hall–Kier alpha value is -3.08. The van der Waals surface area contributed by atoms with Gasteiger partial charge < -0.3 is 14.7 Å². The van der Waals surface area contributed by atoms with Crippen LogP contribution in [0.2, 0.25) is 0 Å².